The Labute approximate surface area is 116 Å². The first-order valence-electron chi connectivity index (χ1n) is 5.79. The van der Waals surface area contributed by atoms with Gasteiger partial charge in [-0.3, -0.25) is 10.1 Å². The van der Waals surface area contributed by atoms with E-state index in [1.54, 1.807) is 30.3 Å². The molecule has 1 amide bonds. The lowest BCUT2D eigenvalue weighted by Gasteiger charge is -2.04. The Bertz CT molecular complexity index is 697. The number of benzene rings is 1. The van der Waals surface area contributed by atoms with Crippen LogP contribution in [-0.2, 0) is 15.6 Å². The van der Waals surface area contributed by atoms with Gasteiger partial charge in [0.15, 0.2) is 9.84 Å². The van der Waals surface area contributed by atoms with Crippen LogP contribution in [0.1, 0.15) is 15.9 Å². The number of anilines is 1. The summed E-state index contributed by atoms with van der Waals surface area (Å²) in [6, 6.07) is 8.01. The molecule has 0 fully saturated rings. The number of carbonyl (C=O) groups is 1. The molecule has 104 valence electrons. The van der Waals surface area contributed by atoms with Crippen LogP contribution >= 0.6 is 0 Å². The predicted octanol–water partition coefficient (Wildman–Crippen LogP) is 1.27. The van der Waals surface area contributed by atoms with Gasteiger partial charge >= 0.3 is 0 Å². The summed E-state index contributed by atoms with van der Waals surface area (Å²) in [5.41, 5.74) is 1.05. The van der Waals surface area contributed by atoms with Crippen LogP contribution < -0.4 is 5.32 Å². The maximum absolute atomic E-state index is 11.9. The molecule has 0 aliphatic carbocycles. The Balaban J connectivity index is 2.08. The van der Waals surface area contributed by atoms with Gasteiger partial charge in [0, 0.05) is 24.2 Å². The molecule has 6 nitrogen and oxygen atoms in total. The van der Waals surface area contributed by atoms with Crippen molar-refractivity contribution >= 4 is 21.7 Å². The van der Waals surface area contributed by atoms with Crippen LogP contribution in [-0.4, -0.2) is 30.5 Å². The zero-order valence-electron chi connectivity index (χ0n) is 10.8. The first kappa shape index (κ1) is 14.1. The molecule has 0 bridgehead atoms. The van der Waals surface area contributed by atoms with Crippen LogP contribution in [0.3, 0.4) is 0 Å². The Morgan fingerprint density at radius 1 is 1.15 bits per heavy atom. The minimum absolute atomic E-state index is 0.0449. The third-order valence-corrected chi connectivity index (χ3v) is 3.29. The summed E-state index contributed by atoms with van der Waals surface area (Å²) in [6.45, 7) is 0. The predicted molar refractivity (Wildman–Crippen MR) is 75.0 cm³/mol. The van der Waals surface area contributed by atoms with Gasteiger partial charge in [0.05, 0.1) is 5.75 Å². The number of hydrogen-bond acceptors (Lipinski definition) is 5. The van der Waals surface area contributed by atoms with E-state index in [0.29, 0.717) is 11.1 Å². The molecule has 1 aromatic heterocycles. The van der Waals surface area contributed by atoms with Gasteiger partial charge in [0.25, 0.3) is 5.91 Å². The number of sulfone groups is 1. The van der Waals surface area contributed by atoms with E-state index in [0.717, 1.165) is 0 Å². The summed E-state index contributed by atoms with van der Waals surface area (Å²) in [5, 5.41) is 2.55. The Hall–Kier alpha value is -2.28. The molecule has 0 atom stereocenters. The van der Waals surface area contributed by atoms with Crippen LogP contribution in [0.25, 0.3) is 0 Å². The minimum Gasteiger partial charge on any atom is -0.290 e. The molecule has 1 N–H and O–H groups in total. The number of carbonyl (C=O) groups excluding carboxylic acids is 1. The van der Waals surface area contributed by atoms with Crippen molar-refractivity contribution in [3.05, 3.63) is 53.9 Å². The van der Waals surface area contributed by atoms with Crippen LogP contribution in [0.15, 0.2) is 42.7 Å². The van der Waals surface area contributed by atoms with Gasteiger partial charge in [0.2, 0.25) is 5.95 Å². The molecule has 0 unspecified atom stereocenters. The Morgan fingerprint density at radius 2 is 1.75 bits per heavy atom. The van der Waals surface area contributed by atoms with Crippen molar-refractivity contribution < 1.29 is 13.2 Å². The van der Waals surface area contributed by atoms with Gasteiger partial charge in [-0.25, -0.2) is 18.4 Å². The van der Waals surface area contributed by atoms with Gasteiger partial charge in [-0.15, -0.1) is 0 Å². The molecule has 20 heavy (non-hydrogen) atoms. The number of nitrogens with zero attached hydrogens (tertiary/aromatic N) is 2. The van der Waals surface area contributed by atoms with Crippen molar-refractivity contribution in [2.24, 2.45) is 0 Å². The van der Waals surface area contributed by atoms with Crippen molar-refractivity contribution in [2.45, 2.75) is 5.75 Å². The summed E-state index contributed by atoms with van der Waals surface area (Å²) in [5.74, 6) is -0.170. The number of hydrogen-bond donors (Lipinski definition) is 1. The van der Waals surface area contributed by atoms with Crippen LogP contribution in [0.2, 0.25) is 0 Å². The normalized spacial score (nSPS) is 11.1. The monoisotopic (exact) mass is 291 g/mol. The van der Waals surface area contributed by atoms with Crippen LogP contribution in [0, 0.1) is 0 Å². The highest BCUT2D eigenvalue weighted by Gasteiger charge is 2.09. The largest absolute Gasteiger partial charge is 0.290 e. The minimum atomic E-state index is -3.08. The zero-order chi connectivity index (χ0) is 14.6. The summed E-state index contributed by atoms with van der Waals surface area (Å²) < 4.78 is 22.3. The molecule has 2 rings (SSSR count). The van der Waals surface area contributed by atoms with Gasteiger partial charge in [-0.05, 0) is 23.8 Å². The van der Waals surface area contributed by atoms with Gasteiger partial charge in [0.1, 0.15) is 0 Å². The second-order valence-corrected chi connectivity index (χ2v) is 6.43. The van der Waals surface area contributed by atoms with Crippen molar-refractivity contribution in [1.29, 1.82) is 0 Å². The molecular weight excluding hydrogens is 278 g/mol. The maximum Gasteiger partial charge on any atom is 0.258 e. The molecular formula is C13H13N3O3S. The summed E-state index contributed by atoms with van der Waals surface area (Å²) in [7, 11) is -3.08. The quantitative estimate of drug-likeness (QED) is 0.916. The van der Waals surface area contributed by atoms with Gasteiger partial charge in [-0.2, -0.15) is 0 Å². The highest BCUT2D eigenvalue weighted by Crippen LogP contribution is 2.09. The molecule has 0 saturated heterocycles. The number of aromatic nitrogens is 2. The smallest absolute Gasteiger partial charge is 0.258 e. The van der Waals surface area contributed by atoms with Crippen molar-refractivity contribution in [3.63, 3.8) is 0 Å². The summed E-state index contributed by atoms with van der Waals surface area (Å²) >= 11 is 0. The lowest BCUT2D eigenvalue weighted by atomic mass is 10.1. The average molecular weight is 291 g/mol. The SMILES string of the molecule is CS(=O)(=O)Cc1ccc(C(=O)Nc2ncccn2)cc1. The fourth-order valence-corrected chi connectivity index (χ4v) is 2.39. The third kappa shape index (κ3) is 4.13. The first-order chi connectivity index (χ1) is 9.44. The fourth-order valence-electron chi connectivity index (χ4n) is 1.59. The Morgan fingerprint density at radius 3 is 2.30 bits per heavy atom. The molecule has 0 aliphatic rings. The molecule has 7 heteroatoms. The van der Waals surface area contributed by atoms with Crippen molar-refractivity contribution in [2.75, 3.05) is 11.6 Å². The second kappa shape index (κ2) is 5.79. The number of nitrogens with one attached hydrogen (secondary N) is 1. The molecule has 1 heterocycles. The zero-order valence-corrected chi connectivity index (χ0v) is 11.6. The molecule has 0 radical (unpaired) electrons. The number of rotatable bonds is 4. The van der Waals surface area contributed by atoms with E-state index in [2.05, 4.69) is 15.3 Å². The molecule has 1 aromatic carbocycles. The van der Waals surface area contributed by atoms with E-state index < -0.39 is 9.84 Å². The molecule has 2 aromatic rings. The summed E-state index contributed by atoms with van der Waals surface area (Å²) in [4.78, 5) is 19.7. The van der Waals surface area contributed by atoms with Crippen LogP contribution in [0.4, 0.5) is 5.95 Å². The topological polar surface area (TPSA) is 89.0 Å². The van der Waals surface area contributed by atoms with Crippen molar-refractivity contribution in [3.8, 4) is 0 Å². The van der Waals surface area contributed by atoms with Crippen LogP contribution in [0.5, 0.6) is 0 Å². The van der Waals surface area contributed by atoms with E-state index in [9.17, 15) is 13.2 Å². The molecule has 0 saturated carbocycles. The lowest BCUT2D eigenvalue weighted by Crippen LogP contribution is -2.14. The van der Waals surface area contributed by atoms with E-state index in [4.69, 9.17) is 0 Å². The van der Waals surface area contributed by atoms with Crippen molar-refractivity contribution in [1.82, 2.24) is 9.97 Å². The second-order valence-electron chi connectivity index (χ2n) is 4.29. The first-order valence-corrected chi connectivity index (χ1v) is 7.85. The number of amides is 1. The van der Waals surface area contributed by atoms with E-state index >= 15 is 0 Å². The highest BCUT2D eigenvalue weighted by atomic mass is 32.2. The molecule has 0 aliphatic heterocycles. The fraction of sp³-hybridized carbons (Fsp3) is 0.154. The lowest BCUT2D eigenvalue weighted by molar-refractivity contribution is 0.102. The summed E-state index contributed by atoms with van der Waals surface area (Å²) in [6.07, 6.45) is 4.22. The van der Waals surface area contributed by atoms with E-state index in [-0.39, 0.29) is 17.6 Å². The highest BCUT2D eigenvalue weighted by molar-refractivity contribution is 7.89. The van der Waals surface area contributed by atoms with E-state index in [1.165, 1.54) is 18.6 Å². The Kier molecular flexibility index (Phi) is 4.09. The van der Waals surface area contributed by atoms with E-state index in [1.807, 2.05) is 0 Å². The molecule has 0 spiro atoms. The van der Waals surface area contributed by atoms with Gasteiger partial charge < -0.3 is 0 Å². The average Bonchev–Trinajstić information content (AvgIpc) is 2.39. The van der Waals surface area contributed by atoms with Gasteiger partial charge in [-0.1, -0.05) is 12.1 Å². The standard InChI is InChI=1S/C13H13N3O3S/c1-20(18,19)9-10-3-5-11(6-4-10)12(17)16-13-14-7-2-8-15-13/h2-8H,9H2,1H3,(H,14,15,16,17). The maximum atomic E-state index is 11.9. The third-order valence-electron chi connectivity index (χ3n) is 2.44.